The van der Waals surface area contributed by atoms with Crippen LogP contribution >= 0.6 is 0 Å². The number of nitrogens with zero attached hydrogens (tertiary/aromatic N) is 4. The van der Waals surface area contributed by atoms with Crippen LogP contribution < -0.4 is 10.1 Å². The average Bonchev–Trinajstić information content (AvgIpc) is 2.40. The quantitative estimate of drug-likeness (QED) is 0.757. The summed E-state index contributed by atoms with van der Waals surface area (Å²) >= 11 is 0. The van der Waals surface area contributed by atoms with E-state index in [0.29, 0.717) is 12.2 Å². The first kappa shape index (κ1) is 12.9. The van der Waals surface area contributed by atoms with Crippen molar-refractivity contribution in [1.29, 1.82) is 0 Å². The Kier molecular flexibility index (Phi) is 3.65. The Morgan fingerprint density at radius 1 is 1.47 bits per heavy atom. The first-order valence-corrected chi connectivity index (χ1v) is 5.67. The maximum Gasteiger partial charge on any atom is 0.309 e. The summed E-state index contributed by atoms with van der Waals surface area (Å²) in [5.41, 5.74) is 1.24. The summed E-state index contributed by atoms with van der Waals surface area (Å²) in [5.74, 6) is -0.868. The second-order valence-electron chi connectivity index (χ2n) is 4.02. The molecule has 19 heavy (non-hydrogen) atoms. The van der Waals surface area contributed by atoms with Crippen molar-refractivity contribution in [3.8, 4) is 11.3 Å². The SMILES string of the molecule is Cn1ncc(=O)cc1-c1cc[n+](CCC(=O)O)nc1. The van der Waals surface area contributed by atoms with E-state index in [1.807, 2.05) is 0 Å². The molecule has 0 amide bonds. The van der Waals surface area contributed by atoms with Crippen molar-refractivity contribution < 1.29 is 14.6 Å². The van der Waals surface area contributed by atoms with Crippen molar-refractivity contribution in [2.45, 2.75) is 13.0 Å². The predicted molar refractivity (Wildman–Crippen MR) is 65.2 cm³/mol. The molecule has 0 radical (unpaired) electrons. The molecule has 7 heteroatoms. The second kappa shape index (κ2) is 5.38. The Hall–Kier alpha value is -2.57. The molecule has 0 saturated carbocycles. The van der Waals surface area contributed by atoms with E-state index in [9.17, 15) is 9.59 Å². The molecule has 0 saturated heterocycles. The molecule has 0 fully saturated rings. The fourth-order valence-electron chi connectivity index (χ4n) is 1.62. The molecule has 2 heterocycles. The summed E-state index contributed by atoms with van der Waals surface area (Å²) in [6.45, 7) is 0.307. The van der Waals surface area contributed by atoms with Crippen LogP contribution in [0.25, 0.3) is 11.3 Å². The maximum atomic E-state index is 11.3. The minimum absolute atomic E-state index is 0.0163. The lowest BCUT2D eigenvalue weighted by atomic mass is 10.2. The third-order valence-electron chi connectivity index (χ3n) is 2.61. The largest absolute Gasteiger partial charge is 0.481 e. The zero-order valence-corrected chi connectivity index (χ0v) is 10.4. The van der Waals surface area contributed by atoms with Crippen molar-refractivity contribution in [1.82, 2.24) is 14.9 Å². The maximum absolute atomic E-state index is 11.3. The van der Waals surface area contributed by atoms with Crippen LogP contribution in [0.1, 0.15) is 6.42 Å². The number of carboxylic acids is 1. The van der Waals surface area contributed by atoms with Gasteiger partial charge in [0, 0.05) is 24.7 Å². The van der Waals surface area contributed by atoms with E-state index in [1.165, 1.54) is 16.9 Å². The monoisotopic (exact) mass is 261 g/mol. The third-order valence-corrected chi connectivity index (χ3v) is 2.61. The molecule has 98 valence electrons. The molecule has 0 aliphatic heterocycles. The number of rotatable bonds is 4. The molecule has 0 atom stereocenters. The van der Waals surface area contributed by atoms with Crippen LogP contribution in [0.15, 0.2) is 35.5 Å². The van der Waals surface area contributed by atoms with Gasteiger partial charge in [-0.05, 0) is 5.10 Å². The topological polar surface area (TPSA) is 89.0 Å². The lowest BCUT2D eigenvalue weighted by molar-refractivity contribution is -0.752. The van der Waals surface area contributed by atoms with Crippen molar-refractivity contribution in [2.24, 2.45) is 7.05 Å². The minimum atomic E-state index is -0.868. The van der Waals surface area contributed by atoms with E-state index in [4.69, 9.17) is 5.11 Å². The van der Waals surface area contributed by atoms with Crippen molar-refractivity contribution in [3.63, 3.8) is 0 Å². The van der Waals surface area contributed by atoms with Crippen molar-refractivity contribution >= 4 is 5.97 Å². The summed E-state index contributed by atoms with van der Waals surface area (Å²) in [7, 11) is 1.74. The summed E-state index contributed by atoms with van der Waals surface area (Å²) in [4.78, 5) is 21.7. The van der Waals surface area contributed by atoms with E-state index in [0.717, 1.165) is 5.56 Å². The number of aliphatic carboxylic acids is 1. The molecule has 0 unspecified atom stereocenters. The lowest BCUT2D eigenvalue weighted by Gasteiger charge is -2.04. The van der Waals surface area contributed by atoms with Gasteiger partial charge in [-0.1, -0.05) is 4.68 Å². The van der Waals surface area contributed by atoms with E-state index in [2.05, 4.69) is 10.2 Å². The smallest absolute Gasteiger partial charge is 0.309 e. The molecule has 2 aromatic rings. The van der Waals surface area contributed by atoms with E-state index < -0.39 is 5.97 Å². The molecule has 0 spiro atoms. The first-order valence-electron chi connectivity index (χ1n) is 5.67. The second-order valence-corrected chi connectivity index (χ2v) is 4.02. The Morgan fingerprint density at radius 3 is 2.89 bits per heavy atom. The van der Waals surface area contributed by atoms with Crippen LogP contribution in [0.4, 0.5) is 0 Å². The predicted octanol–water partition coefficient (Wildman–Crippen LogP) is -0.395. The molecule has 0 bridgehead atoms. The Morgan fingerprint density at radius 2 is 2.26 bits per heavy atom. The van der Waals surface area contributed by atoms with Gasteiger partial charge in [-0.2, -0.15) is 5.10 Å². The molecule has 2 aromatic heterocycles. The van der Waals surface area contributed by atoms with Crippen LogP contribution in [0.2, 0.25) is 0 Å². The van der Waals surface area contributed by atoms with Gasteiger partial charge in [-0.15, -0.1) is 0 Å². The lowest BCUT2D eigenvalue weighted by Crippen LogP contribution is -2.38. The zero-order valence-electron chi connectivity index (χ0n) is 10.4. The molecule has 0 aromatic carbocycles. The molecular formula is C12H13N4O3+. The molecule has 7 nitrogen and oxygen atoms in total. The van der Waals surface area contributed by atoms with E-state index >= 15 is 0 Å². The minimum Gasteiger partial charge on any atom is -0.481 e. The van der Waals surface area contributed by atoms with E-state index in [-0.39, 0.29) is 11.8 Å². The number of carbonyl (C=O) groups is 1. The van der Waals surface area contributed by atoms with Gasteiger partial charge in [-0.25, -0.2) is 0 Å². The number of aryl methyl sites for hydroxylation is 2. The molecule has 2 rings (SSSR count). The highest BCUT2D eigenvalue weighted by Crippen LogP contribution is 2.12. The van der Waals surface area contributed by atoms with Gasteiger partial charge in [0.25, 0.3) is 0 Å². The average molecular weight is 261 g/mol. The van der Waals surface area contributed by atoms with Crippen LogP contribution in [0.3, 0.4) is 0 Å². The summed E-state index contributed by atoms with van der Waals surface area (Å²) < 4.78 is 3.12. The molecule has 0 aliphatic carbocycles. The number of hydrogen-bond donors (Lipinski definition) is 1. The number of hydrogen-bond acceptors (Lipinski definition) is 4. The standard InChI is InChI=1S/C12H12N4O3/c1-15-11(6-10(17)8-13-15)9-2-4-16(14-7-9)5-3-12(18)19/h2,4,6-8H,3,5H2,1H3/p+1. The highest BCUT2D eigenvalue weighted by Gasteiger charge is 2.09. The van der Waals surface area contributed by atoms with Gasteiger partial charge in [-0.3, -0.25) is 14.3 Å². The van der Waals surface area contributed by atoms with Gasteiger partial charge in [0.1, 0.15) is 12.6 Å². The normalized spacial score (nSPS) is 10.4. The van der Waals surface area contributed by atoms with Gasteiger partial charge in [0.05, 0.1) is 11.9 Å². The molecule has 0 aliphatic rings. The van der Waals surface area contributed by atoms with Crippen LogP contribution in [-0.2, 0) is 18.4 Å². The Bertz CT molecular complexity index is 649. The molecule has 1 N–H and O–H groups in total. The highest BCUT2D eigenvalue weighted by atomic mass is 16.4. The van der Waals surface area contributed by atoms with Crippen LogP contribution in [-0.4, -0.2) is 26.0 Å². The number of carboxylic acid groups (broad SMARTS) is 1. The van der Waals surface area contributed by atoms with Gasteiger partial charge < -0.3 is 5.11 Å². The van der Waals surface area contributed by atoms with Crippen LogP contribution in [0.5, 0.6) is 0 Å². The highest BCUT2D eigenvalue weighted by molar-refractivity contribution is 5.66. The first-order chi connectivity index (χ1) is 9.06. The Balaban J connectivity index is 2.25. The van der Waals surface area contributed by atoms with Crippen LogP contribution in [0, 0.1) is 0 Å². The summed E-state index contributed by atoms with van der Waals surface area (Å²) in [6, 6.07) is 3.25. The fourth-order valence-corrected chi connectivity index (χ4v) is 1.62. The summed E-state index contributed by atoms with van der Waals surface area (Å²) in [6.07, 6.45) is 4.52. The third kappa shape index (κ3) is 3.21. The van der Waals surface area contributed by atoms with Crippen molar-refractivity contribution in [3.05, 3.63) is 40.9 Å². The van der Waals surface area contributed by atoms with E-state index in [1.54, 1.807) is 30.2 Å². The zero-order chi connectivity index (χ0) is 13.8. The number of aromatic nitrogens is 4. The fraction of sp³-hybridized carbons (Fsp3) is 0.250. The Labute approximate surface area is 108 Å². The van der Waals surface area contributed by atoms with Gasteiger partial charge >= 0.3 is 5.97 Å². The van der Waals surface area contributed by atoms with Gasteiger partial charge in [0.15, 0.2) is 12.7 Å². The van der Waals surface area contributed by atoms with Crippen molar-refractivity contribution in [2.75, 3.05) is 0 Å². The van der Waals surface area contributed by atoms with Gasteiger partial charge in [0.2, 0.25) is 5.43 Å². The molecular weight excluding hydrogens is 248 g/mol. The summed E-state index contributed by atoms with van der Waals surface area (Å²) in [5, 5.41) is 16.6.